The van der Waals surface area contributed by atoms with Crippen LogP contribution in [0.15, 0.2) is 59.6 Å². The summed E-state index contributed by atoms with van der Waals surface area (Å²) in [5.74, 6) is 1.67. The molecule has 1 heterocycles. The van der Waals surface area contributed by atoms with Gasteiger partial charge in [0.1, 0.15) is 4.38 Å². The molecule has 0 spiro atoms. The Balaban J connectivity index is 1.65. The van der Waals surface area contributed by atoms with Gasteiger partial charge in [0.15, 0.2) is 5.78 Å². The zero-order chi connectivity index (χ0) is 14.5. The topological polar surface area (TPSA) is 29.4 Å². The highest BCUT2D eigenvalue weighted by Gasteiger charge is 2.12. The Morgan fingerprint density at radius 2 is 1.76 bits per heavy atom. The van der Waals surface area contributed by atoms with Gasteiger partial charge >= 0.3 is 0 Å². The van der Waals surface area contributed by atoms with Crippen LogP contribution in [0.1, 0.15) is 10.4 Å². The third kappa shape index (κ3) is 3.77. The number of Topliss-reactive ketones (excluding diaryl/α,β-unsaturated/α-hetero) is 1. The van der Waals surface area contributed by atoms with Gasteiger partial charge in [0.25, 0.3) is 0 Å². The zero-order valence-electron chi connectivity index (χ0n) is 11.5. The molecule has 21 heavy (non-hydrogen) atoms. The third-order valence-electron chi connectivity index (χ3n) is 3.20. The number of nitrogens with zero attached hydrogens (tertiary/aromatic N) is 1. The normalized spacial score (nSPS) is 14.0. The first-order valence-electron chi connectivity index (χ1n) is 6.82. The van der Waals surface area contributed by atoms with E-state index >= 15 is 0 Å². The van der Waals surface area contributed by atoms with Crippen molar-refractivity contribution in [2.75, 3.05) is 18.1 Å². The summed E-state index contributed by atoms with van der Waals surface area (Å²) in [5.41, 5.74) is 3.07. The van der Waals surface area contributed by atoms with Crippen molar-refractivity contribution >= 4 is 33.7 Å². The highest BCUT2D eigenvalue weighted by Crippen LogP contribution is 2.24. The van der Waals surface area contributed by atoms with Crippen LogP contribution in [-0.2, 0) is 0 Å². The number of thioether (sulfide) groups is 2. The van der Waals surface area contributed by atoms with Crippen LogP contribution in [0, 0.1) is 0 Å². The lowest BCUT2D eigenvalue weighted by Crippen LogP contribution is -2.03. The fourth-order valence-electron chi connectivity index (χ4n) is 2.09. The number of ketones is 1. The minimum absolute atomic E-state index is 0.162. The molecular weight excluding hydrogens is 298 g/mol. The van der Waals surface area contributed by atoms with Crippen LogP contribution in [0.25, 0.3) is 11.1 Å². The number of rotatable bonds is 4. The summed E-state index contributed by atoms with van der Waals surface area (Å²) < 4.78 is 1.05. The van der Waals surface area contributed by atoms with Crippen molar-refractivity contribution in [3.05, 3.63) is 60.2 Å². The second-order valence-corrected chi connectivity index (χ2v) is 6.96. The van der Waals surface area contributed by atoms with Crippen LogP contribution in [0.2, 0.25) is 0 Å². The molecular formula is C17H15NOS2. The lowest BCUT2D eigenvalue weighted by molar-refractivity contribution is 0.102. The quantitative estimate of drug-likeness (QED) is 0.785. The monoisotopic (exact) mass is 313 g/mol. The smallest absolute Gasteiger partial charge is 0.173 e. The van der Waals surface area contributed by atoms with Crippen molar-refractivity contribution in [3.8, 4) is 11.1 Å². The zero-order valence-corrected chi connectivity index (χ0v) is 13.1. The maximum Gasteiger partial charge on any atom is 0.173 e. The van der Waals surface area contributed by atoms with Gasteiger partial charge < -0.3 is 0 Å². The molecule has 1 aliphatic heterocycles. The fraction of sp³-hybridized carbons (Fsp3) is 0.176. The van der Waals surface area contributed by atoms with Crippen LogP contribution < -0.4 is 0 Å². The Morgan fingerprint density at radius 1 is 1.05 bits per heavy atom. The maximum atomic E-state index is 12.2. The van der Waals surface area contributed by atoms with Gasteiger partial charge in [-0.05, 0) is 11.1 Å². The molecule has 0 aromatic heterocycles. The van der Waals surface area contributed by atoms with E-state index in [1.807, 2.05) is 42.5 Å². The molecule has 1 aliphatic rings. The summed E-state index contributed by atoms with van der Waals surface area (Å²) in [5, 5.41) is 0. The summed E-state index contributed by atoms with van der Waals surface area (Å²) in [4.78, 5) is 16.5. The molecule has 0 fully saturated rings. The van der Waals surface area contributed by atoms with E-state index in [0.717, 1.165) is 27.8 Å². The molecule has 4 heteroatoms. The summed E-state index contributed by atoms with van der Waals surface area (Å²) in [6.07, 6.45) is 0. The molecule has 3 rings (SSSR count). The van der Waals surface area contributed by atoms with E-state index in [9.17, 15) is 4.79 Å². The maximum absolute atomic E-state index is 12.2. The van der Waals surface area contributed by atoms with Crippen molar-refractivity contribution < 1.29 is 4.79 Å². The van der Waals surface area contributed by atoms with E-state index < -0.39 is 0 Å². The Kier molecular flexibility index (Phi) is 4.78. The molecule has 0 radical (unpaired) electrons. The molecule has 106 valence electrons. The standard InChI is InChI=1S/C17H15NOS2/c19-16(12-21-17-18-10-11-20-17)15-8-6-14(7-9-15)13-4-2-1-3-5-13/h1-9H,10-12H2. The molecule has 0 amide bonds. The average molecular weight is 313 g/mol. The largest absolute Gasteiger partial charge is 0.293 e. The van der Waals surface area contributed by atoms with Crippen molar-refractivity contribution in [2.24, 2.45) is 4.99 Å². The SMILES string of the molecule is O=C(CSC1=NCCS1)c1ccc(-c2ccccc2)cc1. The number of carbonyl (C=O) groups excluding carboxylic acids is 1. The molecule has 0 N–H and O–H groups in total. The Labute approximate surface area is 133 Å². The number of aliphatic imine (C=N–C) groups is 1. The molecule has 2 aromatic rings. The van der Waals surface area contributed by atoms with Gasteiger partial charge in [0.05, 0.1) is 12.3 Å². The predicted molar refractivity (Wildman–Crippen MR) is 93.4 cm³/mol. The minimum atomic E-state index is 0.162. The number of benzene rings is 2. The van der Waals surface area contributed by atoms with Gasteiger partial charge in [-0.15, -0.1) is 0 Å². The van der Waals surface area contributed by atoms with Crippen molar-refractivity contribution in [1.29, 1.82) is 0 Å². The Morgan fingerprint density at radius 3 is 2.43 bits per heavy atom. The van der Waals surface area contributed by atoms with E-state index in [4.69, 9.17) is 0 Å². The predicted octanol–water partition coefficient (Wildman–Crippen LogP) is 4.37. The van der Waals surface area contributed by atoms with Crippen molar-refractivity contribution in [2.45, 2.75) is 0 Å². The van der Waals surface area contributed by atoms with E-state index in [1.54, 1.807) is 23.5 Å². The fourth-order valence-corrected chi connectivity index (χ4v) is 4.00. The van der Waals surface area contributed by atoms with Crippen LogP contribution >= 0.6 is 23.5 Å². The van der Waals surface area contributed by atoms with Crippen molar-refractivity contribution in [1.82, 2.24) is 0 Å². The summed E-state index contributed by atoms with van der Waals surface area (Å²) in [7, 11) is 0. The molecule has 0 saturated heterocycles. The molecule has 2 aromatic carbocycles. The first-order valence-corrected chi connectivity index (χ1v) is 8.79. The van der Waals surface area contributed by atoms with E-state index in [2.05, 4.69) is 17.1 Å². The number of hydrogen-bond acceptors (Lipinski definition) is 4. The highest BCUT2D eigenvalue weighted by molar-refractivity contribution is 8.39. The van der Waals surface area contributed by atoms with Crippen LogP contribution in [-0.4, -0.2) is 28.2 Å². The van der Waals surface area contributed by atoms with Crippen molar-refractivity contribution in [3.63, 3.8) is 0 Å². The lowest BCUT2D eigenvalue weighted by Gasteiger charge is -2.04. The van der Waals surface area contributed by atoms with E-state index in [-0.39, 0.29) is 5.78 Å². The highest BCUT2D eigenvalue weighted by atomic mass is 32.2. The number of carbonyl (C=O) groups is 1. The van der Waals surface area contributed by atoms with Gasteiger partial charge in [-0.25, -0.2) is 0 Å². The number of hydrogen-bond donors (Lipinski definition) is 0. The molecule has 0 unspecified atom stereocenters. The molecule has 0 aliphatic carbocycles. The lowest BCUT2D eigenvalue weighted by atomic mass is 10.0. The molecule has 0 saturated carbocycles. The van der Waals surface area contributed by atoms with E-state index in [1.165, 1.54) is 5.56 Å². The second kappa shape index (κ2) is 6.96. The van der Waals surface area contributed by atoms with Gasteiger partial charge in [-0.2, -0.15) is 0 Å². The van der Waals surface area contributed by atoms with Gasteiger partial charge in [0, 0.05) is 11.3 Å². The second-order valence-electron chi connectivity index (χ2n) is 4.65. The molecule has 2 nitrogen and oxygen atoms in total. The Bertz CT molecular complexity index is 650. The van der Waals surface area contributed by atoms with Gasteiger partial charge in [0.2, 0.25) is 0 Å². The first-order chi connectivity index (χ1) is 10.3. The summed E-state index contributed by atoms with van der Waals surface area (Å²) in [6.45, 7) is 0.882. The van der Waals surface area contributed by atoms with Crippen LogP contribution in [0.3, 0.4) is 0 Å². The third-order valence-corrected chi connectivity index (χ3v) is 5.45. The molecule has 0 atom stereocenters. The van der Waals surface area contributed by atoms with Crippen LogP contribution in [0.5, 0.6) is 0 Å². The van der Waals surface area contributed by atoms with Gasteiger partial charge in [-0.1, -0.05) is 78.1 Å². The van der Waals surface area contributed by atoms with Crippen LogP contribution in [0.4, 0.5) is 0 Å². The van der Waals surface area contributed by atoms with Gasteiger partial charge in [-0.3, -0.25) is 9.79 Å². The Hall–Kier alpha value is -1.52. The minimum Gasteiger partial charge on any atom is -0.293 e. The summed E-state index contributed by atoms with van der Waals surface area (Å²) >= 11 is 3.29. The molecule has 0 bridgehead atoms. The first kappa shape index (κ1) is 14.4. The van der Waals surface area contributed by atoms with E-state index in [0.29, 0.717) is 5.75 Å². The average Bonchev–Trinajstić information content (AvgIpc) is 3.07. The summed E-state index contributed by atoms with van der Waals surface area (Å²) in [6, 6.07) is 18.0.